The number of aromatic nitrogens is 4. The molecule has 0 bridgehead atoms. The van der Waals surface area contributed by atoms with Crippen molar-refractivity contribution in [2.45, 2.75) is 13.5 Å². The van der Waals surface area contributed by atoms with Gasteiger partial charge in [0.1, 0.15) is 23.2 Å². The monoisotopic (exact) mass is 367 g/mol. The Kier molecular flexibility index (Phi) is 4.18. The number of para-hydroxylation sites is 2. The highest BCUT2D eigenvalue weighted by Crippen LogP contribution is 2.25. The first-order chi connectivity index (χ1) is 12.6. The maximum atomic E-state index is 13.3. The number of carbonyl (C=O) groups excluding carboxylic acids is 1. The summed E-state index contributed by atoms with van der Waals surface area (Å²) in [6.07, 6.45) is 0. The number of fused-ring (bicyclic) bond motifs is 1. The molecule has 0 aliphatic heterocycles. The van der Waals surface area contributed by atoms with Gasteiger partial charge in [0.05, 0.1) is 11.0 Å². The molecule has 4 aromatic rings. The van der Waals surface area contributed by atoms with E-state index in [1.807, 2.05) is 35.8 Å². The molecule has 0 aliphatic rings. The van der Waals surface area contributed by atoms with E-state index in [9.17, 15) is 9.18 Å². The van der Waals surface area contributed by atoms with Crippen LogP contribution in [0.2, 0.25) is 0 Å². The zero-order valence-corrected chi connectivity index (χ0v) is 14.6. The Hall–Kier alpha value is -3.13. The SMILES string of the molecule is Cc1nnc(NC(=O)Cn2c(-c3ccc(F)cc3)nc3ccccc32)s1. The number of rotatable bonds is 4. The lowest BCUT2D eigenvalue weighted by Crippen LogP contribution is -2.19. The van der Waals surface area contributed by atoms with Crippen LogP contribution in [0.1, 0.15) is 5.01 Å². The van der Waals surface area contributed by atoms with Crippen LogP contribution < -0.4 is 5.32 Å². The summed E-state index contributed by atoms with van der Waals surface area (Å²) in [6, 6.07) is 13.6. The molecular formula is C18H14FN5OS. The van der Waals surface area contributed by atoms with E-state index in [-0.39, 0.29) is 18.3 Å². The number of nitrogens with one attached hydrogen (secondary N) is 1. The van der Waals surface area contributed by atoms with Crippen molar-refractivity contribution < 1.29 is 9.18 Å². The number of benzene rings is 2. The van der Waals surface area contributed by atoms with Crippen LogP contribution in [0.3, 0.4) is 0 Å². The Morgan fingerprint density at radius 1 is 1.15 bits per heavy atom. The summed E-state index contributed by atoms with van der Waals surface area (Å²) in [7, 11) is 0. The first-order valence-corrected chi connectivity index (χ1v) is 8.73. The summed E-state index contributed by atoms with van der Waals surface area (Å²) in [5.41, 5.74) is 2.34. The number of hydrogen-bond acceptors (Lipinski definition) is 5. The highest BCUT2D eigenvalue weighted by molar-refractivity contribution is 7.15. The molecular weight excluding hydrogens is 353 g/mol. The van der Waals surface area contributed by atoms with Gasteiger partial charge in [-0.25, -0.2) is 9.37 Å². The van der Waals surface area contributed by atoms with Gasteiger partial charge in [-0.15, -0.1) is 10.2 Å². The lowest BCUT2D eigenvalue weighted by atomic mass is 10.2. The van der Waals surface area contributed by atoms with E-state index in [1.54, 1.807) is 12.1 Å². The van der Waals surface area contributed by atoms with Gasteiger partial charge in [0, 0.05) is 5.56 Å². The molecule has 2 aromatic carbocycles. The van der Waals surface area contributed by atoms with Crippen LogP contribution in [0.15, 0.2) is 48.5 Å². The highest BCUT2D eigenvalue weighted by atomic mass is 32.1. The molecule has 0 atom stereocenters. The summed E-state index contributed by atoms with van der Waals surface area (Å²) in [5, 5.41) is 11.8. The predicted octanol–water partition coefficient (Wildman–Crippen LogP) is 3.64. The van der Waals surface area contributed by atoms with Crippen LogP contribution in [0, 0.1) is 12.7 Å². The molecule has 0 aliphatic carbocycles. The number of imidazole rings is 1. The van der Waals surface area contributed by atoms with Crippen molar-refractivity contribution in [1.29, 1.82) is 0 Å². The lowest BCUT2D eigenvalue weighted by Gasteiger charge is -2.09. The van der Waals surface area contributed by atoms with E-state index in [2.05, 4.69) is 20.5 Å². The average Bonchev–Trinajstić information content (AvgIpc) is 3.19. The van der Waals surface area contributed by atoms with E-state index in [0.29, 0.717) is 11.0 Å². The minimum atomic E-state index is -0.319. The van der Waals surface area contributed by atoms with Crippen molar-refractivity contribution >= 4 is 33.4 Å². The Balaban J connectivity index is 1.71. The first kappa shape index (κ1) is 16.3. The second-order valence-electron chi connectivity index (χ2n) is 5.69. The zero-order valence-electron chi connectivity index (χ0n) is 13.8. The van der Waals surface area contributed by atoms with Gasteiger partial charge in [-0.1, -0.05) is 23.5 Å². The van der Waals surface area contributed by atoms with Crippen molar-refractivity contribution in [1.82, 2.24) is 19.7 Å². The average molecular weight is 367 g/mol. The van der Waals surface area contributed by atoms with Crippen LogP contribution in [0.4, 0.5) is 9.52 Å². The van der Waals surface area contributed by atoms with Crippen molar-refractivity contribution in [3.8, 4) is 11.4 Å². The molecule has 6 nitrogen and oxygen atoms in total. The number of carbonyl (C=O) groups is 1. The van der Waals surface area contributed by atoms with Gasteiger partial charge in [-0.3, -0.25) is 10.1 Å². The lowest BCUT2D eigenvalue weighted by molar-refractivity contribution is -0.116. The maximum Gasteiger partial charge on any atom is 0.246 e. The fourth-order valence-corrected chi connectivity index (χ4v) is 3.31. The number of aryl methyl sites for hydroxylation is 1. The Morgan fingerprint density at radius 2 is 1.92 bits per heavy atom. The predicted molar refractivity (Wildman–Crippen MR) is 98.4 cm³/mol. The number of anilines is 1. The molecule has 0 spiro atoms. The van der Waals surface area contributed by atoms with E-state index in [0.717, 1.165) is 21.6 Å². The standard InChI is InChI=1S/C18H14FN5OS/c1-11-22-23-18(26-11)21-16(25)10-24-15-5-3-2-4-14(15)20-17(24)12-6-8-13(19)9-7-12/h2-9H,10H2,1H3,(H,21,23,25). The van der Waals surface area contributed by atoms with Crippen LogP contribution in [-0.2, 0) is 11.3 Å². The van der Waals surface area contributed by atoms with Crippen LogP contribution in [-0.4, -0.2) is 25.7 Å². The topological polar surface area (TPSA) is 72.7 Å². The summed E-state index contributed by atoms with van der Waals surface area (Å²) < 4.78 is 15.1. The molecule has 1 N–H and O–H groups in total. The van der Waals surface area contributed by atoms with Gasteiger partial charge in [0.15, 0.2) is 0 Å². The third-order valence-corrected chi connectivity index (χ3v) is 4.59. The zero-order chi connectivity index (χ0) is 18.1. The van der Waals surface area contributed by atoms with Crippen LogP contribution >= 0.6 is 11.3 Å². The molecule has 1 amide bonds. The number of halogens is 1. The summed E-state index contributed by atoms with van der Waals surface area (Å²) in [4.78, 5) is 17.1. The Morgan fingerprint density at radius 3 is 2.65 bits per heavy atom. The van der Waals surface area contributed by atoms with Gasteiger partial charge in [0.2, 0.25) is 11.0 Å². The number of hydrogen-bond donors (Lipinski definition) is 1. The van der Waals surface area contributed by atoms with Crippen molar-refractivity contribution in [3.05, 3.63) is 59.4 Å². The molecule has 0 unspecified atom stereocenters. The molecule has 0 radical (unpaired) electrons. The molecule has 0 fully saturated rings. The minimum Gasteiger partial charge on any atom is -0.314 e. The summed E-state index contributed by atoms with van der Waals surface area (Å²) >= 11 is 1.31. The quantitative estimate of drug-likeness (QED) is 0.598. The molecule has 2 heterocycles. The molecule has 2 aromatic heterocycles. The molecule has 8 heteroatoms. The third kappa shape index (κ3) is 3.18. The van der Waals surface area contributed by atoms with Gasteiger partial charge in [-0.2, -0.15) is 0 Å². The van der Waals surface area contributed by atoms with E-state index >= 15 is 0 Å². The highest BCUT2D eigenvalue weighted by Gasteiger charge is 2.16. The van der Waals surface area contributed by atoms with Crippen LogP contribution in [0.25, 0.3) is 22.4 Å². The normalized spacial score (nSPS) is 11.0. The van der Waals surface area contributed by atoms with Gasteiger partial charge < -0.3 is 4.57 Å². The third-order valence-electron chi connectivity index (χ3n) is 3.83. The van der Waals surface area contributed by atoms with Crippen LogP contribution in [0.5, 0.6) is 0 Å². The molecule has 130 valence electrons. The van der Waals surface area contributed by atoms with Gasteiger partial charge >= 0.3 is 0 Å². The Bertz CT molecular complexity index is 1090. The van der Waals surface area contributed by atoms with Gasteiger partial charge in [-0.05, 0) is 43.3 Å². The fourth-order valence-electron chi connectivity index (χ4n) is 2.70. The van der Waals surface area contributed by atoms with Crippen molar-refractivity contribution in [3.63, 3.8) is 0 Å². The smallest absolute Gasteiger partial charge is 0.246 e. The van der Waals surface area contributed by atoms with Gasteiger partial charge in [0.25, 0.3) is 0 Å². The van der Waals surface area contributed by atoms with E-state index in [1.165, 1.54) is 23.5 Å². The number of amides is 1. The maximum absolute atomic E-state index is 13.3. The summed E-state index contributed by atoms with van der Waals surface area (Å²) in [5.74, 6) is 0.0586. The summed E-state index contributed by atoms with van der Waals surface area (Å²) in [6.45, 7) is 1.88. The largest absolute Gasteiger partial charge is 0.314 e. The molecule has 26 heavy (non-hydrogen) atoms. The molecule has 0 saturated heterocycles. The van der Waals surface area contributed by atoms with Crippen molar-refractivity contribution in [2.24, 2.45) is 0 Å². The minimum absolute atomic E-state index is 0.0614. The second-order valence-corrected chi connectivity index (χ2v) is 6.87. The van der Waals surface area contributed by atoms with E-state index in [4.69, 9.17) is 0 Å². The number of nitrogens with zero attached hydrogens (tertiary/aromatic N) is 4. The molecule has 0 saturated carbocycles. The Labute approximate surface area is 152 Å². The molecule has 4 rings (SSSR count). The first-order valence-electron chi connectivity index (χ1n) is 7.91. The second kappa shape index (κ2) is 6.64. The fraction of sp³-hybridized carbons (Fsp3) is 0.111. The van der Waals surface area contributed by atoms with E-state index < -0.39 is 0 Å². The van der Waals surface area contributed by atoms with Crippen molar-refractivity contribution in [2.75, 3.05) is 5.32 Å².